The second-order valence-corrected chi connectivity index (χ2v) is 7.44. The van der Waals surface area contributed by atoms with Crippen molar-refractivity contribution in [2.75, 3.05) is 26.7 Å². The summed E-state index contributed by atoms with van der Waals surface area (Å²) >= 11 is 0. The van der Waals surface area contributed by atoms with Crippen molar-refractivity contribution in [2.24, 2.45) is 16.8 Å². The first kappa shape index (κ1) is 26.5. The molecule has 0 aliphatic heterocycles. The van der Waals surface area contributed by atoms with Gasteiger partial charge in [-0.15, -0.1) is 24.0 Å². The summed E-state index contributed by atoms with van der Waals surface area (Å²) in [6, 6.07) is 6.25. The van der Waals surface area contributed by atoms with Gasteiger partial charge in [0.25, 0.3) is 0 Å². The highest BCUT2D eigenvalue weighted by atomic mass is 127. The third-order valence-electron chi connectivity index (χ3n) is 4.09. The van der Waals surface area contributed by atoms with E-state index in [2.05, 4.69) is 59.9 Å². The molecule has 3 N–H and O–H groups in total. The van der Waals surface area contributed by atoms with Crippen LogP contribution in [0.5, 0.6) is 5.75 Å². The summed E-state index contributed by atoms with van der Waals surface area (Å²) in [5.74, 6) is 2.29. The molecule has 6 nitrogen and oxygen atoms in total. The number of benzene rings is 1. The third kappa shape index (κ3) is 10.7. The smallest absolute Gasteiger partial charge is 0.222 e. The largest absolute Gasteiger partial charge is 0.493 e. The first-order chi connectivity index (χ1) is 12.8. The van der Waals surface area contributed by atoms with Gasteiger partial charge in [0.2, 0.25) is 5.91 Å². The van der Waals surface area contributed by atoms with E-state index >= 15 is 0 Å². The van der Waals surface area contributed by atoms with E-state index in [1.165, 1.54) is 5.56 Å². The molecule has 1 aromatic rings. The van der Waals surface area contributed by atoms with Crippen LogP contribution in [0.1, 0.15) is 45.2 Å². The van der Waals surface area contributed by atoms with Crippen molar-refractivity contribution in [3.05, 3.63) is 29.3 Å². The lowest BCUT2D eigenvalue weighted by Gasteiger charge is -2.16. The molecule has 0 heterocycles. The number of nitrogens with zero attached hydrogens (tertiary/aromatic N) is 1. The molecule has 1 aromatic carbocycles. The molecule has 7 heteroatoms. The number of rotatable bonds is 10. The number of nitrogens with one attached hydrogen (secondary N) is 3. The Morgan fingerprint density at radius 3 is 2.39 bits per heavy atom. The fourth-order valence-electron chi connectivity index (χ4n) is 2.32. The Bertz CT molecular complexity index is 618. The van der Waals surface area contributed by atoms with Crippen LogP contribution in [0, 0.1) is 18.8 Å². The van der Waals surface area contributed by atoms with Crippen molar-refractivity contribution >= 4 is 35.8 Å². The normalized spacial score (nSPS) is 11.2. The monoisotopic (exact) mass is 504 g/mol. The summed E-state index contributed by atoms with van der Waals surface area (Å²) in [5.41, 5.74) is 2.28. The Morgan fingerprint density at radius 1 is 1.11 bits per heavy atom. The number of aliphatic imine (C=N–C) groups is 1. The van der Waals surface area contributed by atoms with Gasteiger partial charge in [-0.2, -0.15) is 0 Å². The van der Waals surface area contributed by atoms with Crippen LogP contribution in [0.2, 0.25) is 0 Å². The molecule has 0 unspecified atom stereocenters. The molecule has 0 bridgehead atoms. The lowest BCUT2D eigenvalue weighted by molar-refractivity contribution is -0.123. The third-order valence-corrected chi connectivity index (χ3v) is 4.09. The van der Waals surface area contributed by atoms with Gasteiger partial charge in [-0.05, 0) is 30.9 Å². The Morgan fingerprint density at radius 2 is 1.79 bits per heavy atom. The quantitative estimate of drug-likeness (QED) is 0.198. The molecule has 0 spiro atoms. The number of hydrogen-bond acceptors (Lipinski definition) is 3. The van der Waals surface area contributed by atoms with Gasteiger partial charge in [-0.3, -0.25) is 9.79 Å². The van der Waals surface area contributed by atoms with Crippen molar-refractivity contribution in [2.45, 2.75) is 47.6 Å². The van der Waals surface area contributed by atoms with E-state index in [1.54, 1.807) is 7.05 Å². The van der Waals surface area contributed by atoms with E-state index in [-0.39, 0.29) is 35.8 Å². The van der Waals surface area contributed by atoms with Crippen LogP contribution in [0.25, 0.3) is 0 Å². The van der Waals surface area contributed by atoms with Crippen LogP contribution in [-0.4, -0.2) is 38.6 Å². The molecular formula is C21H37IN4O2. The molecule has 28 heavy (non-hydrogen) atoms. The number of halogens is 1. The highest BCUT2D eigenvalue weighted by molar-refractivity contribution is 14.0. The minimum atomic E-state index is -0.00177. The topological polar surface area (TPSA) is 74.8 Å². The van der Waals surface area contributed by atoms with Gasteiger partial charge in [-0.25, -0.2) is 0 Å². The van der Waals surface area contributed by atoms with Crippen LogP contribution < -0.4 is 20.7 Å². The minimum absolute atomic E-state index is 0. The van der Waals surface area contributed by atoms with E-state index in [9.17, 15) is 4.79 Å². The molecule has 0 atom stereocenters. The fraction of sp³-hybridized carbons (Fsp3) is 0.619. The summed E-state index contributed by atoms with van der Waals surface area (Å²) < 4.78 is 5.99. The van der Waals surface area contributed by atoms with Crippen molar-refractivity contribution in [3.8, 4) is 5.75 Å². The molecular weight excluding hydrogens is 467 g/mol. The predicted octanol–water partition coefficient (Wildman–Crippen LogP) is 3.48. The number of hydrogen-bond donors (Lipinski definition) is 3. The zero-order chi connectivity index (χ0) is 20.2. The summed E-state index contributed by atoms with van der Waals surface area (Å²) in [6.45, 7) is 12.7. The summed E-state index contributed by atoms with van der Waals surface area (Å²) in [4.78, 5) is 15.8. The Balaban J connectivity index is 0.00000729. The van der Waals surface area contributed by atoms with Gasteiger partial charge in [0, 0.05) is 38.2 Å². The van der Waals surface area contributed by atoms with Crippen LogP contribution in [-0.2, 0) is 11.3 Å². The lowest BCUT2D eigenvalue weighted by Crippen LogP contribution is -2.41. The van der Waals surface area contributed by atoms with E-state index in [0.717, 1.165) is 24.3 Å². The number of aryl methyl sites for hydroxylation is 1. The zero-order valence-electron chi connectivity index (χ0n) is 18.1. The molecule has 0 saturated heterocycles. The highest BCUT2D eigenvalue weighted by Gasteiger charge is 2.08. The van der Waals surface area contributed by atoms with Crippen LogP contribution >= 0.6 is 24.0 Å². The van der Waals surface area contributed by atoms with E-state index in [0.29, 0.717) is 31.5 Å². The number of ether oxygens (including phenoxy) is 1. The van der Waals surface area contributed by atoms with E-state index in [4.69, 9.17) is 4.74 Å². The first-order valence-corrected chi connectivity index (χ1v) is 9.78. The zero-order valence-corrected chi connectivity index (χ0v) is 20.4. The van der Waals surface area contributed by atoms with Gasteiger partial charge >= 0.3 is 0 Å². The predicted molar refractivity (Wildman–Crippen MR) is 128 cm³/mol. The molecule has 1 amide bonds. The molecule has 160 valence electrons. The van der Waals surface area contributed by atoms with Gasteiger partial charge < -0.3 is 20.7 Å². The van der Waals surface area contributed by atoms with Crippen molar-refractivity contribution in [1.82, 2.24) is 16.0 Å². The number of amides is 1. The SMILES string of the molecule is CN=C(NCCNC(=O)C(C)C)NCc1ccc(C)cc1OCCC(C)C.I. The Labute approximate surface area is 187 Å². The Hall–Kier alpha value is -1.51. The molecule has 1 rings (SSSR count). The number of guanidine groups is 1. The average Bonchev–Trinajstić information content (AvgIpc) is 2.61. The average molecular weight is 504 g/mol. The maximum Gasteiger partial charge on any atom is 0.222 e. The molecule has 0 radical (unpaired) electrons. The molecule has 0 saturated carbocycles. The standard InChI is InChI=1S/C21H36N4O2.HI/c1-15(2)9-12-27-19-13-17(5)7-8-18(19)14-25-21(22-6)24-11-10-23-20(26)16(3)4;/h7-8,13,15-16H,9-12,14H2,1-6H3,(H,23,26)(H2,22,24,25);1H. The van der Waals surface area contributed by atoms with Gasteiger partial charge in [0.1, 0.15) is 5.75 Å². The van der Waals surface area contributed by atoms with Gasteiger partial charge in [-0.1, -0.05) is 39.8 Å². The summed E-state index contributed by atoms with van der Waals surface area (Å²) in [6.07, 6.45) is 1.03. The van der Waals surface area contributed by atoms with Crippen LogP contribution in [0.3, 0.4) is 0 Å². The first-order valence-electron chi connectivity index (χ1n) is 9.78. The van der Waals surface area contributed by atoms with Crippen molar-refractivity contribution in [1.29, 1.82) is 0 Å². The lowest BCUT2D eigenvalue weighted by atomic mass is 10.1. The summed E-state index contributed by atoms with van der Waals surface area (Å²) in [5, 5.41) is 9.39. The van der Waals surface area contributed by atoms with Gasteiger partial charge in [0.05, 0.1) is 6.61 Å². The molecule has 0 aliphatic carbocycles. The number of carbonyl (C=O) groups excluding carboxylic acids is 1. The molecule has 0 fully saturated rings. The molecule has 0 aromatic heterocycles. The van der Waals surface area contributed by atoms with Crippen molar-refractivity contribution in [3.63, 3.8) is 0 Å². The molecule has 0 aliphatic rings. The minimum Gasteiger partial charge on any atom is -0.493 e. The van der Waals surface area contributed by atoms with Gasteiger partial charge in [0.15, 0.2) is 5.96 Å². The second kappa shape index (κ2) is 14.5. The maximum atomic E-state index is 11.6. The highest BCUT2D eigenvalue weighted by Crippen LogP contribution is 2.21. The van der Waals surface area contributed by atoms with E-state index in [1.807, 2.05) is 13.8 Å². The Kier molecular flexibility index (Phi) is 13.7. The van der Waals surface area contributed by atoms with Crippen molar-refractivity contribution < 1.29 is 9.53 Å². The van der Waals surface area contributed by atoms with Crippen LogP contribution in [0.15, 0.2) is 23.2 Å². The second-order valence-electron chi connectivity index (χ2n) is 7.44. The fourth-order valence-corrected chi connectivity index (χ4v) is 2.32. The van der Waals surface area contributed by atoms with Crippen LogP contribution in [0.4, 0.5) is 0 Å². The maximum absolute atomic E-state index is 11.6. The van der Waals surface area contributed by atoms with E-state index < -0.39 is 0 Å². The summed E-state index contributed by atoms with van der Waals surface area (Å²) in [7, 11) is 1.73. The number of carbonyl (C=O) groups is 1.